The molecule has 0 aliphatic heterocycles. The predicted molar refractivity (Wildman–Crippen MR) is 82.6 cm³/mol. The molecule has 2 amide bonds. The van der Waals surface area contributed by atoms with E-state index in [0.717, 1.165) is 16.5 Å². The third kappa shape index (κ3) is 2.51. The van der Waals surface area contributed by atoms with Crippen molar-refractivity contribution in [3.8, 4) is 5.75 Å². The molecule has 0 saturated heterocycles. The lowest BCUT2D eigenvalue weighted by atomic mass is 10.1. The van der Waals surface area contributed by atoms with Gasteiger partial charge in [-0.25, -0.2) is 4.79 Å². The molecule has 0 radical (unpaired) electrons. The van der Waals surface area contributed by atoms with Crippen LogP contribution in [-0.4, -0.2) is 28.3 Å². The van der Waals surface area contributed by atoms with Crippen molar-refractivity contribution in [3.05, 3.63) is 48.7 Å². The van der Waals surface area contributed by atoms with Crippen LogP contribution in [0.5, 0.6) is 5.75 Å². The van der Waals surface area contributed by atoms with Crippen molar-refractivity contribution in [1.29, 1.82) is 0 Å². The van der Waals surface area contributed by atoms with Crippen LogP contribution in [0.3, 0.4) is 0 Å². The molecule has 0 aliphatic rings. The number of carbonyl (C=O) groups is 1. The first-order valence-electron chi connectivity index (χ1n) is 6.56. The molecule has 0 unspecified atom stereocenters. The molecule has 0 fully saturated rings. The van der Waals surface area contributed by atoms with Gasteiger partial charge in [0.05, 0.1) is 19.0 Å². The molecular formula is C15H14N4O3. The number of urea groups is 1. The fourth-order valence-corrected chi connectivity index (χ4v) is 2.22. The van der Waals surface area contributed by atoms with E-state index in [1.807, 2.05) is 24.3 Å². The first-order valence-corrected chi connectivity index (χ1v) is 6.56. The van der Waals surface area contributed by atoms with Gasteiger partial charge in [0.2, 0.25) is 0 Å². The van der Waals surface area contributed by atoms with E-state index < -0.39 is 6.03 Å². The molecule has 0 atom stereocenters. The molecule has 1 aromatic heterocycles. The highest BCUT2D eigenvalue weighted by atomic mass is 16.5. The van der Waals surface area contributed by atoms with Gasteiger partial charge >= 0.3 is 6.03 Å². The lowest BCUT2D eigenvalue weighted by molar-refractivity contribution is 0.154. The van der Waals surface area contributed by atoms with Gasteiger partial charge in [0.25, 0.3) is 0 Å². The van der Waals surface area contributed by atoms with Crippen molar-refractivity contribution in [2.24, 2.45) is 0 Å². The topological polar surface area (TPSA) is 88.4 Å². The average Bonchev–Trinajstić information content (AvgIpc) is 2.93. The Morgan fingerprint density at radius 3 is 2.59 bits per heavy atom. The van der Waals surface area contributed by atoms with Crippen LogP contribution in [0.25, 0.3) is 10.8 Å². The van der Waals surface area contributed by atoms with Crippen molar-refractivity contribution in [2.75, 3.05) is 17.7 Å². The summed E-state index contributed by atoms with van der Waals surface area (Å²) in [5.74, 6) is 0.908. The number of hydrogen-bond donors (Lipinski definition) is 3. The molecule has 3 rings (SSSR count). The van der Waals surface area contributed by atoms with E-state index in [2.05, 4.69) is 15.7 Å². The van der Waals surface area contributed by atoms with Crippen LogP contribution in [0.4, 0.5) is 16.3 Å². The fraction of sp³-hybridized carbons (Fsp3) is 0.0667. The average molecular weight is 298 g/mol. The van der Waals surface area contributed by atoms with Gasteiger partial charge in [-0.05, 0) is 12.1 Å². The Morgan fingerprint density at radius 1 is 1.14 bits per heavy atom. The van der Waals surface area contributed by atoms with Crippen LogP contribution in [0.15, 0.2) is 48.7 Å². The van der Waals surface area contributed by atoms with Crippen molar-refractivity contribution < 1.29 is 14.7 Å². The van der Waals surface area contributed by atoms with Gasteiger partial charge in [0, 0.05) is 16.8 Å². The summed E-state index contributed by atoms with van der Waals surface area (Å²) < 4.78 is 5.32. The number of ether oxygens (including phenoxy) is 1. The van der Waals surface area contributed by atoms with E-state index in [9.17, 15) is 10.0 Å². The highest BCUT2D eigenvalue weighted by Crippen LogP contribution is 2.31. The molecule has 112 valence electrons. The summed E-state index contributed by atoms with van der Waals surface area (Å²) in [5, 5.41) is 19.9. The van der Waals surface area contributed by atoms with Crippen LogP contribution >= 0.6 is 0 Å². The number of carbonyl (C=O) groups excluding carboxylic acids is 1. The molecular weight excluding hydrogens is 284 g/mol. The molecule has 7 nitrogen and oxygen atoms in total. The molecule has 3 N–H and O–H groups in total. The number of amides is 2. The van der Waals surface area contributed by atoms with Crippen LogP contribution in [0.1, 0.15) is 0 Å². The van der Waals surface area contributed by atoms with Gasteiger partial charge < -0.3 is 15.3 Å². The van der Waals surface area contributed by atoms with Gasteiger partial charge in [-0.2, -0.15) is 0 Å². The molecule has 0 saturated carbocycles. The molecule has 1 heterocycles. The van der Waals surface area contributed by atoms with Crippen molar-refractivity contribution in [2.45, 2.75) is 0 Å². The van der Waals surface area contributed by atoms with E-state index >= 15 is 0 Å². The maximum Gasteiger partial charge on any atom is 0.324 e. The monoisotopic (exact) mass is 298 g/mol. The fourth-order valence-electron chi connectivity index (χ4n) is 2.22. The summed E-state index contributed by atoms with van der Waals surface area (Å²) >= 11 is 0. The number of methoxy groups -OCH3 is 1. The number of nitrogens with zero attached hydrogens (tertiary/aromatic N) is 2. The van der Waals surface area contributed by atoms with Crippen LogP contribution < -0.4 is 15.4 Å². The number of rotatable bonds is 3. The third-order valence-electron chi connectivity index (χ3n) is 3.22. The largest absolute Gasteiger partial charge is 0.496 e. The zero-order valence-corrected chi connectivity index (χ0v) is 11.8. The summed E-state index contributed by atoms with van der Waals surface area (Å²) in [6, 6.07) is 12.1. The minimum Gasteiger partial charge on any atom is -0.496 e. The number of nitrogens with one attached hydrogen (secondary N) is 2. The lowest BCUT2D eigenvalue weighted by Crippen LogP contribution is -2.21. The van der Waals surface area contributed by atoms with Gasteiger partial charge in [0.15, 0.2) is 5.82 Å². The van der Waals surface area contributed by atoms with Crippen molar-refractivity contribution in [3.63, 3.8) is 0 Å². The molecule has 22 heavy (non-hydrogen) atoms. The van der Waals surface area contributed by atoms with Gasteiger partial charge in [-0.15, -0.1) is 5.10 Å². The summed E-state index contributed by atoms with van der Waals surface area (Å²) in [6.45, 7) is 0. The van der Waals surface area contributed by atoms with Crippen LogP contribution in [0, 0.1) is 0 Å². The van der Waals surface area contributed by atoms with Gasteiger partial charge in [-0.3, -0.25) is 5.32 Å². The van der Waals surface area contributed by atoms with Crippen molar-refractivity contribution in [1.82, 2.24) is 9.94 Å². The Morgan fingerprint density at radius 2 is 1.91 bits per heavy atom. The number of fused-ring (bicyclic) bond motifs is 1. The summed E-state index contributed by atoms with van der Waals surface area (Å²) in [4.78, 5) is 12.6. The van der Waals surface area contributed by atoms with E-state index in [-0.39, 0.29) is 5.82 Å². The van der Waals surface area contributed by atoms with E-state index in [4.69, 9.17) is 4.74 Å². The maximum absolute atomic E-state index is 12.0. The predicted octanol–water partition coefficient (Wildman–Crippen LogP) is 2.93. The number of aromatic nitrogens is 2. The molecule has 2 aromatic carbocycles. The second-order valence-corrected chi connectivity index (χ2v) is 4.55. The first-order chi connectivity index (χ1) is 10.7. The smallest absolute Gasteiger partial charge is 0.324 e. The highest BCUT2D eigenvalue weighted by Gasteiger charge is 2.10. The first kappa shape index (κ1) is 13.7. The molecule has 0 spiro atoms. The summed E-state index contributed by atoms with van der Waals surface area (Å²) in [6.07, 6.45) is 1.37. The third-order valence-corrected chi connectivity index (χ3v) is 3.22. The van der Waals surface area contributed by atoms with E-state index in [1.165, 1.54) is 12.3 Å². The Labute approximate surface area is 126 Å². The van der Waals surface area contributed by atoms with Crippen molar-refractivity contribution >= 4 is 28.3 Å². The van der Waals surface area contributed by atoms with Gasteiger partial charge in [-0.1, -0.05) is 29.1 Å². The second kappa shape index (κ2) is 5.65. The zero-order chi connectivity index (χ0) is 15.5. The van der Waals surface area contributed by atoms with E-state index in [0.29, 0.717) is 10.5 Å². The summed E-state index contributed by atoms with van der Waals surface area (Å²) in [7, 11) is 1.60. The highest BCUT2D eigenvalue weighted by molar-refractivity contribution is 6.07. The Bertz CT molecular complexity index is 829. The summed E-state index contributed by atoms with van der Waals surface area (Å²) in [5.41, 5.74) is 0.637. The van der Waals surface area contributed by atoms with Crippen LogP contribution in [-0.2, 0) is 0 Å². The molecule has 0 bridgehead atoms. The standard InChI is InChI=1S/C15H14N4O3/c1-22-13-7-6-12(10-4-2-3-5-11(10)13)17-15(20)18-14-8-9-16-19(14)21/h2-9,21H,1H3,(H2,17,18,20). The van der Waals surface area contributed by atoms with Crippen LogP contribution in [0.2, 0.25) is 0 Å². The Hall–Kier alpha value is -3.22. The molecule has 3 aromatic rings. The molecule has 7 heteroatoms. The SMILES string of the molecule is COc1ccc(NC(=O)Nc2ccnn2O)c2ccccc12. The number of hydrogen-bond acceptors (Lipinski definition) is 4. The minimum absolute atomic E-state index is 0.176. The quantitative estimate of drug-likeness (QED) is 0.649. The number of benzene rings is 2. The minimum atomic E-state index is -0.480. The van der Waals surface area contributed by atoms with E-state index in [1.54, 1.807) is 19.2 Å². The Kier molecular flexibility index (Phi) is 3.53. The number of anilines is 2. The molecule has 0 aliphatic carbocycles. The normalized spacial score (nSPS) is 10.4. The van der Waals surface area contributed by atoms with Gasteiger partial charge in [0.1, 0.15) is 5.75 Å². The zero-order valence-electron chi connectivity index (χ0n) is 11.8. The second-order valence-electron chi connectivity index (χ2n) is 4.55. The lowest BCUT2D eigenvalue weighted by Gasteiger charge is -2.12. The Balaban J connectivity index is 1.88. The maximum atomic E-state index is 12.0.